The number of halogens is 1. The number of rotatable bonds is 8. The Morgan fingerprint density at radius 3 is 2.90 bits per heavy atom. The van der Waals surface area contributed by atoms with Crippen LogP contribution in [0.2, 0.25) is 0 Å². The number of hydrogen-bond acceptors (Lipinski definition) is 7. The molecule has 10 heteroatoms. The highest BCUT2D eigenvalue weighted by Gasteiger charge is 2.53. The molecule has 1 aromatic carbocycles. The van der Waals surface area contributed by atoms with Crippen LogP contribution < -0.4 is 10.6 Å². The molecule has 9 nitrogen and oxygen atoms in total. The maximum atomic E-state index is 13.7. The zero-order valence-electron chi connectivity index (χ0n) is 23.1. The lowest BCUT2D eigenvalue weighted by molar-refractivity contribution is -0.0641. The Morgan fingerprint density at radius 1 is 1.32 bits per heavy atom. The zero-order chi connectivity index (χ0) is 28.0. The second-order valence-corrected chi connectivity index (χ2v) is 10.9. The molecule has 208 valence electrons. The van der Waals surface area contributed by atoms with Gasteiger partial charge in [-0.15, -0.1) is 0 Å². The lowest BCUT2D eigenvalue weighted by Crippen LogP contribution is -2.53. The molecule has 1 amide bonds. The van der Waals surface area contributed by atoms with E-state index >= 15 is 0 Å². The molecule has 2 aliphatic heterocycles. The van der Waals surface area contributed by atoms with Crippen LogP contribution in [-0.2, 0) is 11.3 Å². The lowest BCUT2D eigenvalue weighted by Gasteiger charge is -2.41. The molecule has 6 rings (SSSR count). The van der Waals surface area contributed by atoms with Crippen molar-refractivity contribution in [2.75, 3.05) is 39.1 Å². The number of benzene rings is 1. The molecule has 0 radical (unpaired) electrons. The number of ether oxygens (including phenoxy) is 1. The summed E-state index contributed by atoms with van der Waals surface area (Å²) in [7, 11) is 4.27. The van der Waals surface area contributed by atoms with Gasteiger partial charge in [-0.25, -0.2) is 14.4 Å². The number of morpholine rings is 1. The molecule has 0 spiro atoms. The summed E-state index contributed by atoms with van der Waals surface area (Å²) in [5.74, 6) is 0.0280. The van der Waals surface area contributed by atoms with Crippen molar-refractivity contribution in [3.05, 3.63) is 77.3 Å². The summed E-state index contributed by atoms with van der Waals surface area (Å²) < 4.78 is 21.7. The number of carbonyl (C=O) groups is 1. The molecular weight excluding hydrogens is 509 g/mol. The van der Waals surface area contributed by atoms with E-state index in [-0.39, 0.29) is 23.4 Å². The van der Waals surface area contributed by atoms with Gasteiger partial charge in [-0.2, -0.15) is 0 Å². The maximum absolute atomic E-state index is 13.7. The van der Waals surface area contributed by atoms with Crippen LogP contribution in [0.4, 0.5) is 10.1 Å². The Kier molecular flexibility index (Phi) is 6.67. The summed E-state index contributed by atoms with van der Waals surface area (Å²) in [5.41, 5.74) is 5.48. The second-order valence-electron chi connectivity index (χ2n) is 10.9. The molecule has 3 aliphatic rings. The average Bonchev–Trinajstić information content (AvgIpc) is 3.55. The van der Waals surface area contributed by atoms with E-state index in [1.807, 2.05) is 28.7 Å². The minimum absolute atomic E-state index is 0.150. The Morgan fingerprint density at radius 2 is 2.15 bits per heavy atom. The number of amides is 1. The van der Waals surface area contributed by atoms with E-state index in [1.165, 1.54) is 25.0 Å². The number of allylic oxidation sites excluding steroid dienone is 3. The van der Waals surface area contributed by atoms with Crippen molar-refractivity contribution >= 4 is 24.0 Å². The van der Waals surface area contributed by atoms with Crippen molar-refractivity contribution in [2.24, 2.45) is 4.99 Å². The summed E-state index contributed by atoms with van der Waals surface area (Å²) in [4.78, 5) is 26.1. The highest BCUT2D eigenvalue weighted by atomic mass is 19.1. The van der Waals surface area contributed by atoms with Gasteiger partial charge in [0.1, 0.15) is 17.3 Å². The molecular formula is C30H34FN7O2. The zero-order valence-corrected chi connectivity index (χ0v) is 23.1. The average molecular weight is 544 g/mol. The Labute approximate surface area is 233 Å². The van der Waals surface area contributed by atoms with Gasteiger partial charge in [-0.3, -0.25) is 9.20 Å². The van der Waals surface area contributed by atoms with Crippen LogP contribution in [0.1, 0.15) is 35.7 Å². The smallest absolute Gasteiger partial charge is 0.254 e. The number of nitrogens with one attached hydrogen (secondary N) is 2. The summed E-state index contributed by atoms with van der Waals surface area (Å²) in [5, 5.41) is 6.23. The number of likely N-dealkylation sites (N-methyl/N-ethyl adjacent to an activating group) is 1. The standard InChI is InChI=1S/C30H34FN7O2/c1-19(37-13-14-40-25(18-37)30(10-11-30)36(3)4)5-8-26(32-2)35-23-7-6-21(22-16-34-29(39)28(22)23)24-17-33-27-15-20(31)9-12-38(24)27/h5-9,12,15,17,25,35H,2,10-11,13-14,16,18H2,1,3-4H3,(H,34,39)/b19-5+,26-8+/t25-/m1/s1. The molecule has 1 aliphatic carbocycles. The largest absolute Gasteiger partial charge is 0.373 e. The van der Waals surface area contributed by atoms with Crippen molar-refractivity contribution in [1.82, 2.24) is 24.5 Å². The number of hydrogen-bond donors (Lipinski definition) is 2. The summed E-state index contributed by atoms with van der Waals surface area (Å²) in [6.45, 7) is 8.62. The van der Waals surface area contributed by atoms with E-state index < -0.39 is 0 Å². The number of pyridine rings is 1. The Hall–Kier alpha value is -4.02. The van der Waals surface area contributed by atoms with Crippen LogP contribution in [0.5, 0.6) is 0 Å². The fraction of sp³-hybridized carbons (Fsp3) is 0.367. The normalized spacial score (nSPS) is 20.6. The summed E-state index contributed by atoms with van der Waals surface area (Å²) >= 11 is 0. The van der Waals surface area contributed by atoms with E-state index in [0.29, 0.717) is 35.9 Å². The maximum Gasteiger partial charge on any atom is 0.254 e. The van der Waals surface area contributed by atoms with Gasteiger partial charge in [0, 0.05) is 48.7 Å². The van der Waals surface area contributed by atoms with Crippen LogP contribution in [-0.4, -0.2) is 77.2 Å². The molecule has 1 saturated carbocycles. The van der Waals surface area contributed by atoms with Crippen LogP contribution in [0.3, 0.4) is 0 Å². The molecule has 1 atom stereocenters. The summed E-state index contributed by atoms with van der Waals surface area (Å²) in [6, 6.07) is 6.58. The molecule has 4 heterocycles. The molecule has 2 aromatic heterocycles. The number of carbonyl (C=O) groups excluding carboxylic acids is 1. The van der Waals surface area contributed by atoms with Gasteiger partial charge in [0.2, 0.25) is 0 Å². The Bertz CT molecular complexity index is 1550. The van der Waals surface area contributed by atoms with Crippen LogP contribution in [0.15, 0.2) is 65.3 Å². The molecule has 3 aromatic rings. The van der Waals surface area contributed by atoms with E-state index in [9.17, 15) is 9.18 Å². The lowest BCUT2D eigenvalue weighted by atomic mass is 9.99. The van der Waals surface area contributed by atoms with Gasteiger partial charge in [-0.1, -0.05) is 6.07 Å². The Balaban J connectivity index is 1.24. The fourth-order valence-corrected chi connectivity index (χ4v) is 5.90. The third-order valence-corrected chi connectivity index (χ3v) is 8.45. The third-order valence-electron chi connectivity index (χ3n) is 8.45. The molecule has 0 bridgehead atoms. The van der Waals surface area contributed by atoms with E-state index in [2.05, 4.69) is 58.1 Å². The van der Waals surface area contributed by atoms with E-state index in [1.54, 1.807) is 12.4 Å². The van der Waals surface area contributed by atoms with Gasteiger partial charge in [0.05, 0.1) is 35.9 Å². The number of imidazole rings is 1. The summed E-state index contributed by atoms with van der Waals surface area (Å²) in [6.07, 6.45) is 9.78. The first-order chi connectivity index (χ1) is 19.3. The highest BCUT2D eigenvalue weighted by molar-refractivity contribution is 6.05. The number of aliphatic imine (C=N–C) groups is 1. The van der Waals surface area contributed by atoms with Gasteiger partial charge >= 0.3 is 0 Å². The second kappa shape index (κ2) is 10.2. The predicted octanol–water partition coefficient (Wildman–Crippen LogP) is 4.04. The molecule has 40 heavy (non-hydrogen) atoms. The van der Waals surface area contributed by atoms with Crippen LogP contribution in [0.25, 0.3) is 16.9 Å². The van der Waals surface area contributed by atoms with Gasteiger partial charge in [0.25, 0.3) is 5.91 Å². The first-order valence-electron chi connectivity index (χ1n) is 13.5. The van der Waals surface area contributed by atoms with Crippen molar-refractivity contribution in [2.45, 2.75) is 38.0 Å². The minimum Gasteiger partial charge on any atom is -0.373 e. The molecule has 2 N–H and O–H groups in total. The topological polar surface area (TPSA) is 86.5 Å². The first kappa shape index (κ1) is 26.2. The number of fused-ring (bicyclic) bond motifs is 2. The van der Waals surface area contributed by atoms with Crippen molar-refractivity contribution < 1.29 is 13.9 Å². The van der Waals surface area contributed by atoms with Gasteiger partial charge < -0.3 is 25.2 Å². The monoisotopic (exact) mass is 543 g/mol. The number of aromatic nitrogens is 2. The van der Waals surface area contributed by atoms with Crippen molar-refractivity contribution in [3.8, 4) is 11.3 Å². The van der Waals surface area contributed by atoms with Gasteiger partial charge in [0.15, 0.2) is 0 Å². The number of anilines is 1. The van der Waals surface area contributed by atoms with Crippen LogP contribution in [0, 0.1) is 5.82 Å². The number of nitrogens with zero attached hydrogens (tertiary/aromatic N) is 5. The molecule has 0 unspecified atom stereocenters. The van der Waals surface area contributed by atoms with Crippen molar-refractivity contribution in [1.29, 1.82) is 0 Å². The SMILES string of the molecule is C=N/C(=C\C=C(/C)N1CCO[C@@H](C2(N(C)C)CC2)C1)Nc1ccc(-c2cnc3cc(F)ccn23)c2c1C(=O)NC2. The van der Waals surface area contributed by atoms with E-state index in [4.69, 9.17) is 4.74 Å². The van der Waals surface area contributed by atoms with Crippen LogP contribution >= 0.6 is 0 Å². The highest BCUT2D eigenvalue weighted by Crippen LogP contribution is 2.45. The quantitative estimate of drug-likeness (QED) is 0.330. The van der Waals surface area contributed by atoms with E-state index in [0.717, 1.165) is 35.6 Å². The molecule has 2 fully saturated rings. The van der Waals surface area contributed by atoms with Crippen molar-refractivity contribution in [3.63, 3.8) is 0 Å². The predicted molar refractivity (Wildman–Crippen MR) is 154 cm³/mol. The fourth-order valence-electron chi connectivity index (χ4n) is 5.90. The van der Waals surface area contributed by atoms with Gasteiger partial charge in [-0.05, 0) is 70.4 Å². The first-order valence-corrected chi connectivity index (χ1v) is 13.5. The molecule has 1 saturated heterocycles. The third kappa shape index (κ3) is 4.56. The minimum atomic E-state index is -0.347.